The van der Waals surface area contributed by atoms with Gasteiger partial charge in [0.25, 0.3) is 0 Å². The Morgan fingerprint density at radius 3 is 2.57 bits per heavy atom. The second-order valence-electron chi connectivity index (χ2n) is 6.09. The number of rotatable bonds is 6. The van der Waals surface area contributed by atoms with Gasteiger partial charge in [0.15, 0.2) is 0 Å². The molecule has 0 atom stereocenters. The van der Waals surface area contributed by atoms with Gasteiger partial charge in [0.2, 0.25) is 5.91 Å². The summed E-state index contributed by atoms with van der Waals surface area (Å²) in [5, 5.41) is 3.13. The highest BCUT2D eigenvalue weighted by Gasteiger charge is 2.34. The Hall–Kier alpha value is -1.00. The Labute approximate surface area is 131 Å². The van der Waals surface area contributed by atoms with Crippen LogP contribution in [0.5, 0.6) is 0 Å². The number of nitrogens with one attached hydrogen (secondary N) is 1. The van der Waals surface area contributed by atoms with Gasteiger partial charge in [0, 0.05) is 35.8 Å². The molecule has 3 nitrogen and oxygen atoms in total. The fraction of sp³-hybridized carbons (Fsp3) is 0.588. The van der Waals surface area contributed by atoms with Gasteiger partial charge < -0.3 is 10.1 Å². The molecule has 1 aliphatic rings. The van der Waals surface area contributed by atoms with Gasteiger partial charge in [-0.15, -0.1) is 11.8 Å². The van der Waals surface area contributed by atoms with Crippen LogP contribution in [0.3, 0.4) is 0 Å². The minimum atomic E-state index is 0.0617. The van der Waals surface area contributed by atoms with Gasteiger partial charge in [0.05, 0.1) is 0 Å². The maximum absolute atomic E-state index is 11.9. The highest BCUT2D eigenvalue weighted by atomic mass is 32.2. The Kier molecular flexibility index (Phi) is 6.12. The minimum absolute atomic E-state index is 0.0617. The molecule has 21 heavy (non-hydrogen) atoms. The van der Waals surface area contributed by atoms with Crippen molar-refractivity contribution >= 4 is 17.7 Å². The predicted octanol–water partition coefficient (Wildman–Crippen LogP) is 3.49. The van der Waals surface area contributed by atoms with E-state index in [2.05, 4.69) is 43.4 Å². The summed E-state index contributed by atoms with van der Waals surface area (Å²) in [5.41, 5.74) is 0. The second-order valence-corrected chi connectivity index (χ2v) is 7.63. The maximum atomic E-state index is 11.9. The molecule has 1 aliphatic heterocycles. The van der Waals surface area contributed by atoms with Gasteiger partial charge >= 0.3 is 0 Å². The van der Waals surface area contributed by atoms with Crippen molar-refractivity contribution in [3.05, 3.63) is 30.3 Å². The zero-order valence-corrected chi connectivity index (χ0v) is 13.7. The normalized spacial score (nSPS) is 17.7. The number of ether oxygens (including phenoxy) is 1. The first kappa shape index (κ1) is 16.4. The lowest BCUT2D eigenvalue weighted by Crippen LogP contribution is -2.44. The SMILES string of the molecule is CC(C)CC(=O)NCC1(Sc2ccccc2)CCOCC1. The van der Waals surface area contributed by atoms with E-state index in [1.54, 1.807) is 0 Å². The lowest BCUT2D eigenvalue weighted by molar-refractivity contribution is -0.122. The zero-order valence-electron chi connectivity index (χ0n) is 12.9. The highest BCUT2D eigenvalue weighted by Crippen LogP contribution is 2.40. The first-order chi connectivity index (χ1) is 10.1. The van der Waals surface area contributed by atoms with Crippen LogP contribution in [0, 0.1) is 5.92 Å². The molecule has 116 valence electrons. The van der Waals surface area contributed by atoms with Crippen LogP contribution in [0.25, 0.3) is 0 Å². The smallest absolute Gasteiger partial charge is 0.220 e. The summed E-state index contributed by atoms with van der Waals surface area (Å²) in [7, 11) is 0. The number of hydrogen-bond acceptors (Lipinski definition) is 3. The molecule has 0 aromatic heterocycles. The third kappa shape index (κ3) is 5.36. The van der Waals surface area contributed by atoms with Crippen LogP contribution in [-0.4, -0.2) is 30.4 Å². The van der Waals surface area contributed by atoms with Crippen LogP contribution in [0.4, 0.5) is 0 Å². The summed E-state index contributed by atoms with van der Waals surface area (Å²) in [5.74, 6) is 0.557. The molecule has 1 N–H and O–H groups in total. The minimum Gasteiger partial charge on any atom is -0.381 e. The molecule has 0 bridgehead atoms. The Morgan fingerprint density at radius 1 is 1.29 bits per heavy atom. The van der Waals surface area contributed by atoms with Gasteiger partial charge in [-0.1, -0.05) is 32.0 Å². The summed E-state index contributed by atoms with van der Waals surface area (Å²) in [6.45, 7) is 6.42. The summed E-state index contributed by atoms with van der Waals surface area (Å²) in [6, 6.07) is 10.4. The van der Waals surface area contributed by atoms with Crippen molar-refractivity contribution < 1.29 is 9.53 Å². The average molecular weight is 307 g/mol. The van der Waals surface area contributed by atoms with E-state index in [0.29, 0.717) is 12.3 Å². The average Bonchev–Trinajstić information content (AvgIpc) is 2.47. The molecule has 1 heterocycles. The number of hydrogen-bond donors (Lipinski definition) is 1. The molecule has 1 fully saturated rings. The van der Waals surface area contributed by atoms with Crippen LogP contribution in [-0.2, 0) is 9.53 Å². The van der Waals surface area contributed by atoms with E-state index in [0.717, 1.165) is 32.6 Å². The monoisotopic (exact) mass is 307 g/mol. The van der Waals surface area contributed by atoms with Crippen LogP contribution in [0.2, 0.25) is 0 Å². The van der Waals surface area contributed by atoms with Gasteiger partial charge in [-0.25, -0.2) is 0 Å². The van der Waals surface area contributed by atoms with Crippen LogP contribution < -0.4 is 5.32 Å². The lowest BCUT2D eigenvalue weighted by Gasteiger charge is -2.36. The lowest BCUT2D eigenvalue weighted by atomic mass is 9.98. The van der Waals surface area contributed by atoms with E-state index in [1.807, 2.05) is 17.8 Å². The Bertz CT molecular complexity index is 441. The predicted molar refractivity (Wildman–Crippen MR) is 87.5 cm³/mol. The van der Waals surface area contributed by atoms with Crippen molar-refractivity contribution in [2.45, 2.75) is 42.8 Å². The number of amides is 1. The van der Waals surface area contributed by atoms with E-state index in [-0.39, 0.29) is 10.7 Å². The highest BCUT2D eigenvalue weighted by molar-refractivity contribution is 8.00. The number of carbonyl (C=O) groups excluding carboxylic acids is 1. The van der Waals surface area contributed by atoms with Gasteiger partial charge in [0.1, 0.15) is 0 Å². The van der Waals surface area contributed by atoms with Gasteiger partial charge in [-0.3, -0.25) is 4.79 Å². The number of carbonyl (C=O) groups is 1. The quantitative estimate of drug-likeness (QED) is 0.874. The molecule has 1 amide bonds. The first-order valence-electron chi connectivity index (χ1n) is 7.68. The molecule has 1 saturated heterocycles. The molecule has 1 aromatic rings. The van der Waals surface area contributed by atoms with Crippen molar-refractivity contribution in [2.24, 2.45) is 5.92 Å². The molecular formula is C17H25NO2S. The topological polar surface area (TPSA) is 38.3 Å². The van der Waals surface area contributed by atoms with Crippen LogP contribution >= 0.6 is 11.8 Å². The second kappa shape index (κ2) is 7.85. The largest absolute Gasteiger partial charge is 0.381 e. The fourth-order valence-corrected chi connectivity index (χ4v) is 3.81. The molecule has 0 spiro atoms. The summed E-state index contributed by atoms with van der Waals surface area (Å²) in [6.07, 6.45) is 2.56. The molecule has 0 saturated carbocycles. The summed E-state index contributed by atoms with van der Waals surface area (Å²) in [4.78, 5) is 13.2. The summed E-state index contributed by atoms with van der Waals surface area (Å²) >= 11 is 1.88. The molecule has 4 heteroatoms. The zero-order chi connectivity index (χ0) is 15.1. The summed E-state index contributed by atoms with van der Waals surface area (Å²) < 4.78 is 5.57. The fourth-order valence-electron chi connectivity index (χ4n) is 2.50. The van der Waals surface area contributed by atoms with E-state index in [9.17, 15) is 4.79 Å². The van der Waals surface area contributed by atoms with Crippen molar-refractivity contribution in [1.29, 1.82) is 0 Å². The van der Waals surface area contributed by atoms with Crippen molar-refractivity contribution in [1.82, 2.24) is 5.32 Å². The van der Waals surface area contributed by atoms with Crippen LogP contribution in [0.15, 0.2) is 35.2 Å². The number of thioether (sulfide) groups is 1. The van der Waals surface area contributed by atoms with Gasteiger partial charge in [-0.05, 0) is 30.9 Å². The van der Waals surface area contributed by atoms with Gasteiger partial charge in [-0.2, -0.15) is 0 Å². The van der Waals surface area contributed by atoms with Crippen molar-refractivity contribution in [3.8, 4) is 0 Å². The molecule has 2 rings (SSSR count). The maximum Gasteiger partial charge on any atom is 0.220 e. The van der Waals surface area contributed by atoms with Crippen LogP contribution in [0.1, 0.15) is 33.1 Å². The third-order valence-corrected chi connectivity index (χ3v) is 5.18. The molecule has 0 radical (unpaired) electrons. The van der Waals surface area contributed by atoms with E-state index < -0.39 is 0 Å². The molecular weight excluding hydrogens is 282 g/mol. The molecule has 0 unspecified atom stereocenters. The molecule has 0 aliphatic carbocycles. The number of benzene rings is 1. The van der Waals surface area contributed by atoms with E-state index >= 15 is 0 Å². The van der Waals surface area contributed by atoms with Crippen molar-refractivity contribution in [2.75, 3.05) is 19.8 Å². The Balaban J connectivity index is 1.98. The third-order valence-electron chi connectivity index (χ3n) is 3.68. The molecule has 1 aromatic carbocycles. The Morgan fingerprint density at radius 2 is 1.95 bits per heavy atom. The first-order valence-corrected chi connectivity index (χ1v) is 8.50. The van der Waals surface area contributed by atoms with E-state index in [1.165, 1.54) is 4.90 Å². The standard InChI is InChI=1S/C17H25NO2S/c1-14(2)12-16(19)18-13-17(8-10-20-11-9-17)21-15-6-4-3-5-7-15/h3-7,14H,8-13H2,1-2H3,(H,18,19). The van der Waals surface area contributed by atoms with E-state index in [4.69, 9.17) is 4.74 Å². The van der Waals surface area contributed by atoms with Crippen molar-refractivity contribution in [3.63, 3.8) is 0 Å².